The molecular formula is C17H34Si. The van der Waals surface area contributed by atoms with Gasteiger partial charge in [-0.05, 0) is 44.1 Å². The summed E-state index contributed by atoms with van der Waals surface area (Å²) in [5.41, 5.74) is 2.70. The van der Waals surface area contributed by atoms with Crippen LogP contribution in [0.4, 0.5) is 0 Å². The molecule has 0 aliphatic heterocycles. The Balaban J connectivity index is 0.000000199. The van der Waals surface area contributed by atoms with Gasteiger partial charge in [0.15, 0.2) is 0 Å². The highest BCUT2D eigenvalue weighted by molar-refractivity contribution is 6.77. The van der Waals surface area contributed by atoms with Gasteiger partial charge in [0.05, 0.1) is 0 Å². The molecule has 0 spiro atoms. The fourth-order valence-corrected chi connectivity index (χ4v) is 6.55. The quantitative estimate of drug-likeness (QED) is 0.380. The standard InChI is InChI=1S/C10H22Si.C7H12/c1-9-7-5-6-8-10(9)11(2,3)4;1-7-5-3-2-4-6-7/h9-10H,5-8H2,1-4H3;5H,2-4,6H2,1H3. The third-order valence-electron chi connectivity index (χ3n) is 4.74. The molecule has 0 aromatic heterocycles. The second kappa shape index (κ2) is 7.52. The highest BCUT2D eigenvalue weighted by Gasteiger charge is 2.32. The summed E-state index contributed by atoms with van der Waals surface area (Å²) in [6.45, 7) is 12.3. The van der Waals surface area contributed by atoms with Crippen LogP contribution in [-0.2, 0) is 0 Å². The van der Waals surface area contributed by atoms with E-state index in [0.717, 1.165) is 11.5 Å². The zero-order chi connectivity index (χ0) is 13.6. The predicted molar refractivity (Wildman–Crippen MR) is 87.0 cm³/mol. The lowest BCUT2D eigenvalue weighted by Crippen LogP contribution is -2.34. The van der Waals surface area contributed by atoms with Crippen LogP contribution >= 0.6 is 0 Å². The van der Waals surface area contributed by atoms with Gasteiger partial charge >= 0.3 is 0 Å². The van der Waals surface area contributed by atoms with Crippen molar-refractivity contribution in [2.45, 2.75) is 90.4 Å². The van der Waals surface area contributed by atoms with E-state index in [1.54, 1.807) is 5.57 Å². The summed E-state index contributed by atoms with van der Waals surface area (Å²) in [6.07, 6.45) is 13.9. The normalized spacial score (nSPS) is 29.1. The third-order valence-corrected chi connectivity index (χ3v) is 7.82. The molecule has 0 aromatic rings. The molecule has 2 aliphatic rings. The van der Waals surface area contributed by atoms with E-state index in [0.29, 0.717) is 0 Å². The first-order valence-corrected chi connectivity index (χ1v) is 11.6. The Labute approximate surface area is 116 Å². The first-order valence-electron chi connectivity index (χ1n) is 8.07. The first-order chi connectivity index (χ1) is 8.41. The predicted octanol–water partition coefficient (Wildman–Crippen LogP) is 6.41. The Morgan fingerprint density at radius 3 is 2.00 bits per heavy atom. The van der Waals surface area contributed by atoms with Crippen molar-refractivity contribution < 1.29 is 0 Å². The van der Waals surface area contributed by atoms with Crippen LogP contribution < -0.4 is 0 Å². The van der Waals surface area contributed by atoms with Gasteiger partial charge in [0.25, 0.3) is 0 Å². The SMILES string of the molecule is CC1=CCCCC1.CC1CCCCC1[Si](C)(C)C. The molecule has 0 aromatic carbocycles. The van der Waals surface area contributed by atoms with Crippen LogP contribution in [0, 0.1) is 5.92 Å². The van der Waals surface area contributed by atoms with Gasteiger partial charge < -0.3 is 0 Å². The lowest BCUT2D eigenvalue weighted by molar-refractivity contribution is 0.376. The van der Waals surface area contributed by atoms with Crippen molar-refractivity contribution in [2.75, 3.05) is 0 Å². The fraction of sp³-hybridized carbons (Fsp3) is 0.882. The average molecular weight is 267 g/mol. The van der Waals surface area contributed by atoms with Crippen molar-refractivity contribution in [3.05, 3.63) is 11.6 Å². The van der Waals surface area contributed by atoms with Gasteiger partial charge in [-0.15, -0.1) is 0 Å². The van der Waals surface area contributed by atoms with Crippen LogP contribution in [0.2, 0.25) is 25.2 Å². The van der Waals surface area contributed by atoms with Gasteiger partial charge in [0.2, 0.25) is 0 Å². The van der Waals surface area contributed by atoms with E-state index in [4.69, 9.17) is 0 Å². The maximum Gasteiger partial charge on any atom is 0.0476 e. The van der Waals surface area contributed by atoms with Crippen molar-refractivity contribution in [1.29, 1.82) is 0 Å². The summed E-state index contributed by atoms with van der Waals surface area (Å²) in [4.78, 5) is 0. The van der Waals surface area contributed by atoms with Crippen LogP contribution in [-0.4, -0.2) is 8.07 Å². The molecule has 0 nitrogen and oxygen atoms in total. The summed E-state index contributed by atoms with van der Waals surface area (Å²) < 4.78 is 0. The maximum atomic E-state index is 2.53. The van der Waals surface area contributed by atoms with Gasteiger partial charge in [0, 0.05) is 8.07 Å². The molecule has 0 bridgehead atoms. The van der Waals surface area contributed by atoms with Crippen LogP contribution in [0.25, 0.3) is 0 Å². The molecule has 1 fully saturated rings. The van der Waals surface area contributed by atoms with Gasteiger partial charge in [-0.25, -0.2) is 0 Å². The van der Waals surface area contributed by atoms with E-state index in [1.807, 2.05) is 0 Å². The lowest BCUT2D eigenvalue weighted by atomic mass is 9.90. The Morgan fingerprint density at radius 2 is 1.67 bits per heavy atom. The molecule has 2 aliphatic carbocycles. The number of allylic oxidation sites excluding steroid dienone is 2. The smallest absolute Gasteiger partial charge is 0.0476 e. The van der Waals surface area contributed by atoms with E-state index in [2.05, 4.69) is 39.6 Å². The molecule has 2 atom stereocenters. The second-order valence-electron chi connectivity index (χ2n) is 7.53. The van der Waals surface area contributed by atoms with Gasteiger partial charge in [-0.3, -0.25) is 0 Å². The molecule has 0 saturated heterocycles. The van der Waals surface area contributed by atoms with Gasteiger partial charge in [-0.1, -0.05) is 63.9 Å². The Kier molecular flexibility index (Phi) is 6.69. The van der Waals surface area contributed by atoms with Crippen molar-refractivity contribution in [2.24, 2.45) is 5.92 Å². The van der Waals surface area contributed by atoms with Crippen LogP contribution in [0.15, 0.2) is 11.6 Å². The third kappa shape index (κ3) is 5.73. The summed E-state index contributed by atoms with van der Waals surface area (Å²) in [7, 11) is -0.819. The van der Waals surface area contributed by atoms with Crippen molar-refractivity contribution in [3.63, 3.8) is 0 Å². The van der Waals surface area contributed by atoms with Crippen LogP contribution in [0.5, 0.6) is 0 Å². The van der Waals surface area contributed by atoms with E-state index in [1.165, 1.54) is 51.4 Å². The minimum atomic E-state index is -0.819. The molecule has 2 rings (SSSR count). The van der Waals surface area contributed by atoms with Gasteiger partial charge in [-0.2, -0.15) is 0 Å². The summed E-state index contributed by atoms with van der Waals surface area (Å²) in [5, 5.41) is 0. The molecule has 0 radical (unpaired) electrons. The molecular weight excluding hydrogens is 232 g/mol. The second-order valence-corrected chi connectivity index (χ2v) is 13.0. The van der Waals surface area contributed by atoms with Crippen LogP contribution in [0.3, 0.4) is 0 Å². The topological polar surface area (TPSA) is 0 Å². The number of hydrogen-bond donors (Lipinski definition) is 0. The maximum absolute atomic E-state index is 2.53. The molecule has 1 heteroatoms. The molecule has 0 N–H and O–H groups in total. The van der Waals surface area contributed by atoms with E-state index in [9.17, 15) is 0 Å². The summed E-state index contributed by atoms with van der Waals surface area (Å²) in [6, 6.07) is 0. The average Bonchev–Trinajstić information content (AvgIpc) is 2.30. The zero-order valence-corrected chi connectivity index (χ0v) is 14.4. The number of rotatable bonds is 1. The molecule has 2 unspecified atom stereocenters. The lowest BCUT2D eigenvalue weighted by Gasteiger charge is -2.37. The van der Waals surface area contributed by atoms with Crippen LogP contribution in [0.1, 0.15) is 65.2 Å². The monoisotopic (exact) mass is 266 g/mol. The Bertz CT molecular complexity index is 259. The van der Waals surface area contributed by atoms with Crippen molar-refractivity contribution in [1.82, 2.24) is 0 Å². The minimum Gasteiger partial charge on any atom is -0.0856 e. The van der Waals surface area contributed by atoms with E-state index < -0.39 is 8.07 Å². The molecule has 106 valence electrons. The number of hydrogen-bond acceptors (Lipinski definition) is 0. The van der Waals surface area contributed by atoms with E-state index >= 15 is 0 Å². The molecule has 18 heavy (non-hydrogen) atoms. The fourth-order valence-electron chi connectivity index (χ4n) is 3.60. The van der Waals surface area contributed by atoms with Gasteiger partial charge in [0.1, 0.15) is 0 Å². The zero-order valence-electron chi connectivity index (χ0n) is 13.4. The summed E-state index contributed by atoms with van der Waals surface area (Å²) >= 11 is 0. The molecule has 0 amide bonds. The largest absolute Gasteiger partial charge is 0.0856 e. The Hall–Kier alpha value is -0.0431. The molecule has 1 saturated carbocycles. The molecule has 0 heterocycles. The highest BCUT2D eigenvalue weighted by atomic mass is 28.3. The highest BCUT2D eigenvalue weighted by Crippen LogP contribution is 2.40. The minimum absolute atomic E-state index is 0.819. The Morgan fingerprint density at radius 1 is 1.00 bits per heavy atom. The van der Waals surface area contributed by atoms with E-state index in [-0.39, 0.29) is 0 Å². The van der Waals surface area contributed by atoms with Crippen molar-refractivity contribution >= 4 is 8.07 Å². The van der Waals surface area contributed by atoms with Crippen molar-refractivity contribution in [3.8, 4) is 0 Å². The summed E-state index contributed by atoms with van der Waals surface area (Å²) in [5.74, 6) is 1.02. The first kappa shape index (κ1) is 16.0.